The maximum atomic E-state index is 14.8. The molecule has 2 aromatic carbocycles. The van der Waals surface area contributed by atoms with Crippen LogP contribution in [0.3, 0.4) is 0 Å². The van der Waals surface area contributed by atoms with E-state index in [-0.39, 0.29) is 30.9 Å². The van der Waals surface area contributed by atoms with E-state index in [0.717, 1.165) is 12.0 Å². The zero-order chi connectivity index (χ0) is 30.8. The number of nitrogens with zero attached hydrogens (tertiary/aromatic N) is 3. The standard InChI is InChI=1S/C35H43N3O5/c1-5-20-36(21-6-2)31(40)28-29-32(41)38(27(24-39)26-16-12-9-13-17-26)30(35(29)19-18-34(28,4)43-35)33(42)37(22-7-3)23-25-14-10-8-11-15-25/h5,7-17,27-30,39H,1,3,6,18-24H2,2,4H3/t27-,28-,29+,30?,34+,35?/m1/s1. The second-order valence-corrected chi connectivity index (χ2v) is 12.1. The largest absolute Gasteiger partial charge is 0.394 e. The van der Waals surface area contributed by atoms with E-state index in [2.05, 4.69) is 13.2 Å². The Morgan fingerprint density at radius 2 is 1.65 bits per heavy atom. The minimum Gasteiger partial charge on any atom is -0.394 e. The Bertz CT molecular complexity index is 1350. The third-order valence-corrected chi connectivity index (χ3v) is 9.44. The maximum absolute atomic E-state index is 14.8. The van der Waals surface area contributed by atoms with Crippen LogP contribution in [0.4, 0.5) is 0 Å². The van der Waals surface area contributed by atoms with Gasteiger partial charge in [-0.1, -0.05) is 79.7 Å². The Kier molecular flexibility index (Phi) is 8.90. The smallest absolute Gasteiger partial charge is 0.249 e. The summed E-state index contributed by atoms with van der Waals surface area (Å²) >= 11 is 0. The SMILES string of the molecule is C=CCN(Cc1ccccc1)C(=O)C1N([C@H](CO)c2ccccc2)C(=O)[C@@H]2[C@H](C(=O)N(CC=C)CCC)[C@]3(C)CCC12O3. The van der Waals surface area contributed by atoms with Crippen molar-refractivity contribution < 1.29 is 24.2 Å². The predicted molar refractivity (Wildman–Crippen MR) is 164 cm³/mol. The van der Waals surface area contributed by atoms with Crippen LogP contribution in [0.1, 0.15) is 50.3 Å². The number of benzene rings is 2. The van der Waals surface area contributed by atoms with Gasteiger partial charge < -0.3 is 24.5 Å². The van der Waals surface area contributed by atoms with E-state index in [1.807, 2.05) is 74.5 Å². The molecule has 6 atom stereocenters. The Labute approximate surface area is 254 Å². The highest BCUT2D eigenvalue weighted by Crippen LogP contribution is 2.64. The molecule has 43 heavy (non-hydrogen) atoms. The van der Waals surface area contributed by atoms with Crippen molar-refractivity contribution in [3.63, 3.8) is 0 Å². The highest BCUT2D eigenvalue weighted by molar-refractivity contribution is 5.99. The zero-order valence-electron chi connectivity index (χ0n) is 25.2. The van der Waals surface area contributed by atoms with Crippen molar-refractivity contribution in [2.75, 3.05) is 26.2 Å². The van der Waals surface area contributed by atoms with Crippen LogP contribution < -0.4 is 0 Å². The summed E-state index contributed by atoms with van der Waals surface area (Å²) < 4.78 is 6.86. The van der Waals surface area contributed by atoms with E-state index < -0.39 is 35.1 Å². The average molecular weight is 586 g/mol. The first kappa shape index (κ1) is 30.7. The molecule has 3 heterocycles. The van der Waals surface area contributed by atoms with E-state index in [1.165, 1.54) is 4.90 Å². The quantitative estimate of drug-likeness (QED) is 0.357. The van der Waals surface area contributed by atoms with Crippen molar-refractivity contribution in [2.45, 2.75) is 62.9 Å². The summed E-state index contributed by atoms with van der Waals surface area (Å²) in [6, 6.07) is 17.1. The first-order valence-corrected chi connectivity index (χ1v) is 15.3. The molecule has 3 aliphatic heterocycles. The van der Waals surface area contributed by atoms with Gasteiger partial charge in [0.05, 0.1) is 30.1 Å². The van der Waals surface area contributed by atoms with Gasteiger partial charge in [0.1, 0.15) is 11.6 Å². The molecule has 2 unspecified atom stereocenters. The lowest BCUT2D eigenvalue weighted by Gasteiger charge is -2.39. The molecule has 1 spiro atoms. The van der Waals surface area contributed by atoms with E-state index in [0.29, 0.717) is 38.0 Å². The van der Waals surface area contributed by atoms with E-state index >= 15 is 0 Å². The highest BCUT2D eigenvalue weighted by Gasteiger charge is 2.79. The average Bonchev–Trinajstić information content (AvgIpc) is 3.58. The number of carbonyl (C=O) groups excluding carboxylic acids is 3. The number of carbonyl (C=O) groups is 3. The summed E-state index contributed by atoms with van der Waals surface area (Å²) in [5, 5.41) is 10.8. The minimum atomic E-state index is -1.20. The van der Waals surface area contributed by atoms with Gasteiger partial charge in [0, 0.05) is 26.2 Å². The summed E-state index contributed by atoms with van der Waals surface area (Å²) in [5.41, 5.74) is -0.429. The van der Waals surface area contributed by atoms with Crippen LogP contribution in [0.2, 0.25) is 0 Å². The van der Waals surface area contributed by atoms with Gasteiger partial charge in [0.2, 0.25) is 17.7 Å². The summed E-state index contributed by atoms with van der Waals surface area (Å²) in [5.74, 6) is -2.35. The van der Waals surface area contributed by atoms with Gasteiger partial charge in [-0.05, 0) is 37.3 Å². The molecule has 8 nitrogen and oxygen atoms in total. The number of aliphatic hydroxyl groups is 1. The van der Waals surface area contributed by atoms with Crippen LogP contribution in [-0.4, -0.2) is 81.0 Å². The van der Waals surface area contributed by atoms with Crippen LogP contribution in [0.25, 0.3) is 0 Å². The van der Waals surface area contributed by atoms with Crippen molar-refractivity contribution in [1.29, 1.82) is 0 Å². The monoisotopic (exact) mass is 585 g/mol. The predicted octanol–water partition coefficient (Wildman–Crippen LogP) is 4.12. The topological polar surface area (TPSA) is 90.4 Å². The molecule has 0 aliphatic carbocycles. The number of fused-ring (bicyclic) bond motifs is 1. The van der Waals surface area contributed by atoms with Crippen molar-refractivity contribution in [1.82, 2.24) is 14.7 Å². The number of rotatable bonds is 13. The van der Waals surface area contributed by atoms with Crippen LogP contribution >= 0.6 is 0 Å². The Balaban J connectivity index is 1.63. The summed E-state index contributed by atoms with van der Waals surface area (Å²) in [6.45, 7) is 12.8. The molecule has 3 fully saturated rings. The summed E-state index contributed by atoms with van der Waals surface area (Å²) in [7, 11) is 0. The molecule has 0 radical (unpaired) electrons. The van der Waals surface area contributed by atoms with Crippen LogP contribution in [0.15, 0.2) is 86.0 Å². The fourth-order valence-corrected chi connectivity index (χ4v) is 7.66. The van der Waals surface area contributed by atoms with Gasteiger partial charge in [0.15, 0.2) is 0 Å². The summed E-state index contributed by atoms with van der Waals surface area (Å²) in [4.78, 5) is 48.8. The molecule has 5 rings (SSSR count). The lowest BCUT2D eigenvalue weighted by Crippen LogP contribution is -2.57. The van der Waals surface area contributed by atoms with Crippen molar-refractivity contribution in [3.05, 3.63) is 97.1 Å². The highest BCUT2D eigenvalue weighted by atomic mass is 16.5. The molecule has 228 valence electrons. The zero-order valence-corrected chi connectivity index (χ0v) is 25.2. The number of amides is 3. The lowest BCUT2D eigenvalue weighted by molar-refractivity contribution is -0.156. The lowest BCUT2D eigenvalue weighted by atomic mass is 9.66. The number of ether oxygens (including phenoxy) is 1. The first-order chi connectivity index (χ1) is 20.8. The Hall–Kier alpha value is -3.75. The van der Waals surface area contributed by atoms with E-state index in [4.69, 9.17) is 4.74 Å². The van der Waals surface area contributed by atoms with Gasteiger partial charge in [-0.2, -0.15) is 0 Å². The van der Waals surface area contributed by atoms with Gasteiger partial charge in [-0.3, -0.25) is 14.4 Å². The third kappa shape index (κ3) is 5.21. The molecule has 0 saturated carbocycles. The van der Waals surface area contributed by atoms with E-state index in [1.54, 1.807) is 22.0 Å². The van der Waals surface area contributed by atoms with Crippen molar-refractivity contribution in [2.24, 2.45) is 11.8 Å². The Morgan fingerprint density at radius 3 is 2.26 bits per heavy atom. The van der Waals surface area contributed by atoms with Crippen LogP contribution in [-0.2, 0) is 25.7 Å². The molecule has 1 N–H and O–H groups in total. The van der Waals surface area contributed by atoms with Gasteiger partial charge in [0.25, 0.3) is 0 Å². The van der Waals surface area contributed by atoms with Crippen LogP contribution in [0.5, 0.6) is 0 Å². The number of hydrogen-bond donors (Lipinski definition) is 1. The molecule has 8 heteroatoms. The molecular weight excluding hydrogens is 542 g/mol. The van der Waals surface area contributed by atoms with Gasteiger partial charge in [-0.25, -0.2) is 0 Å². The minimum absolute atomic E-state index is 0.148. The fraction of sp³-hybridized carbons (Fsp3) is 0.457. The second-order valence-electron chi connectivity index (χ2n) is 12.1. The molecule has 3 saturated heterocycles. The van der Waals surface area contributed by atoms with E-state index in [9.17, 15) is 19.5 Å². The molecule has 0 aromatic heterocycles. The second kappa shape index (κ2) is 12.5. The van der Waals surface area contributed by atoms with Gasteiger partial charge in [-0.15, -0.1) is 13.2 Å². The molecule has 2 aromatic rings. The normalized spacial score (nSPS) is 27.9. The van der Waals surface area contributed by atoms with Crippen molar-refractivity contribution in [3.8, 4) is 0 Å². The maximum Gasteiger partial charge on any atom is 0.249 e. The number of hydrogen-bond acceptors (Lipinski definition) is 5. The third-order valence-electron chi connectivity index (χ3n) is 9.44. The summed E-state index contributed by atoms with van der Waals surface area (Å²) in [6.07, 6.45) is 5.15. The molecule has 3 aliphatic rings. The first-order valence-electron chi connectivity index (χ1n) is 15.3. The molecule has 2 bridgehead atoms. The van der Waals surface area contributed by atoms with Crippen molar-refractivity contribution >= 4 is 17.7 Å². The fourth-order valence-electron chi connectivity index (χ4n) is 7.66. The van der Waals surface area contributed by atoms with Crippen LogP contribution in [0, 0.1) is 11.8 Å². The Morgan fingerprint density at radius 1 is 1.02 bits per heavy atom. The molecular formula is C35H43N3O5. The molecule has 3 amide bonds. The number of aliphatic hydroxyl groups excluding tert-OH is 1. The number of likely N-dealkylation sites (tertiary alicyclic amines) is 1. The van der Waals surface area contributed by atoms with Gasteiger partial charge >= 0.3 is 0 Å².